The van der Waals surface area contributed by atoms with E-state index in [1.54, 1.807) is 43.6 Å². The summed E-state index contributed by atoms with van der Waals surface area (Å²) >= 11 is 1.73. The molecule has 1 aliphatic heterocycles. The fraction of sp³-hybridized carbons (Fsp3) is 0.633. The lowest BCUT2D eigenvalue weighted by Crippen LogP contribution is -2.52. The molecule has 2 rings (SSSR count). The molecule has 1 saturated heterocycles. The van der Waals surface area contributed by atoms with E-state index in [2.05, 4.69) is 26.1 Å². The van der Waals surface area contributed by atoms with Crippen LogP contribution >= 0.6 is 11.8 Å². The van der Waals surface area contributed by atoms with Crippen LogP contribution in [-0.2, 0) is 19.1 Å². The molecule has 38 heavy (non-hydrogen) atoms. The van der Waals surface area contributed by atoms with Gasteiger partial charge in [0.25, 0.3) is 0 Å². The van der Waals surface area contributed by atoms with E-state index < -0.39 is 0 Å². The molecule has 0 radical (unpaired) electrons. The largest absolute Gasteiger partial charge is 0.463 e. The van der Waals surface area contributed by atoms with Crippen molar-refractivity contribution < 1.29 is 19.1 Å². The fourth-order valence-corrected chi connectivity index (χ4v) is 4.85. The molecule has 0 bridgehead atoms. The molecule has 1 N–H and O–H groups in total. The maximum Gasteiger partial charge on any atom is 0.333 e. The average Bonchev–Trinajstić information content (AvgIpc) is 3.13. The minimum atomic E-state index is -0.383. The van der Waals surface area contributed by atoms with Crippen molar-refractivity contribution in [3.63, 3.8) is 0 Å². The van der Waals surface area contributed by atoms with Crippen LogP contribution in [0.4, 0.5) is 0 Å². The third kappa shape index (κ3) is 13.5. The first-order valence-corrected chi connectivity index (χ1v) is 14.4. The fourth-order valence-electron chi connectivity index (χ4n) is 3.72. The van der Waals surface area contributed by atoms with Crippen LogP contribution in [0.1, 0.15) is 62.3 Å². The lowest BCUT2D eigenvalue weighted by molar-refractivity contribution is -0.138. The van der Waals surface area contributed by atoms with Gasteiger partial charge in [0.05, 0.1) is 19.2 Å². The Labute approximate surface area is 235 Å². The first-order valence-electron chi connectivity index (χ1n) is 13.4. The number of hydrogen-bond acceptors (Lipinski definition) is 6. The van der Waals surface area contributed by atoms with Crippen molar-refractivity contribution in [1.29, 1.82) is 0 Å². The number of likely N-dealkylation sites (N-methyl/N-ethyl adjacent to an activating group) is 2. The summed E-state index contributed by atoms with van der Waals surface area (Å²) in [6, 6.07) is 11.5. The van der Waals surface area contributed by atoms with Crippen molar-refractivity contribution in [2.24, 2.45) is 11.8 Å². The molecule has 8 heteroatoms. The first-order chi connectivity index (χ1) is 17.6. The minimum Gasteiger partial charge on any atom is -0.463 e. The molecule has 1 aliphatic rings. The van der Waals surface area contributed by atoms with E-state index in [0.29, 0.717) is 12.2 Å². The Bertz CT molecular complexity index is 842. The van der Waals surface area contributed by atoms with Gasteiger partial charge in [-0.25, -0.2) is 4.79 Å². The van der Waals surface area contributed by atoms with Gasteiger partial charge < -0.3 is 15.0 Å². The summed E-state index contributed by atoms with van der Waals surface area (Å²) in [7, 11) is 3.60. The predicted molar refractivity (Wildman–Crippen MR) is 160 cm³/mol. The smallest absolute Gasteiger partial charge is 0.333 e. The molecular formula is C30H51N3O4S. The zero-order chi connectivity index (χ0) is 29.5. The summed E-state index contributed by atoms with van der Waals surface area (Å²) in [5.41, 5.74) is 0.468. The Kier molecular flexibility index (Phi) is 17.0. The highest BCUT2D eigenvalue weighted by Crippen LogP contribution is 2.38. The molecule has 1 aromatic carbocycles. The van der Waals surface area contributed by atoms with Gasteiger partial charge in [0.2, 0.25) is 11.8 Å². The van der Waals surface area contributed by atoms with Crippen molar-refractivity contribution in [3.05, 3.63) is 48.0 Å². The number of ether oxygens (including phenoxy) is 1. The molecule has 0 saturated carbocycles. The van der Waals surface area contributed by atoms with Gasteiger partial charge in [-0.15, -0.1) is 11.8 Å². The number of hydrogen-bond donors (Lipinski definition) is 1. The lowest BCUT2D eigenvalue weighted by atomic mass is 10.00. The number of carbonyl (C=O) groups excluding carboxylic acids is 3. The molecule has 0 spiro atoms. The van der Waals surface area contributed by atoms with Crippen molar-refractivity contribution in [2.45, 2.75) is 79.1 Å². The molecular weight excluding hydrogens is 498 g/mol. The topological polar surface area (TPSA) is 79.0 Å². The Morgan fingerprint density at radius 1 is 1.08 bits per heavy atom. The molecule has 1 unspecified atom stereocenters. The molecule has 1 aromatic rings. The van der Waals surface area contributed by atoms with Gasteiger partial charge in [0, 0.05) is 23.2 Å². The normalized spacial score (nSPS) is 17.5. The highest BCUT2D eigenvalue weighted by atomic mass is 32.2. The highest BCUT2D eigenvalue weighted by Gasteiger charge is 2.44. The van der Waals surface area contributed by atoms with Crippen LogP contribution in [0.5, 0.6) is 0 Å². The van der Waals surface area contributed by atoms with E-state index in [1.807, 2.05) is 76.0 Å². The summed E-state index contributed by atoms with van der Waals surface area (Å²) in [6.07, 6.45) is 1.76. The van der Waals surface area contributed by atoms with Gasteiger partial charge in [-0.3, -0.25) is 14.5 Å². The van der Waals surface area contributed by atoms with Gasteiger partial charge in [0.15, 0.2) is 0 Å². The van der Waals surface area contributed by atoms with Crippen LogP contribution in [0.15, 0.2) is 48.0 Å². The highest BCUT2D eigenvalue weighted by molar-refractivity contribution is 8.00. The summed E-state index contributed by atoms with van der Waals surface area (Å²) in [6.45, 7) is 18.2. The van der Waals surface area contributed by atoms with Gasteiger partial charge in [0.1, 0.15) is 6.04 Å². The van der Waals surface area contributed by atoms with Crippen molar-refractivity contribution in [2.75, 3.05) is 33.1 Å². The summed E-state index contributed by atoms with van der Waals surface area (Å²) < 4.78 is 4.82. The van der Waals surface area contributed by atoms with Crippen LogP contribution in [0, 0.1) is 11.8 Å². The third-order valence-corrected chi connectivity index (χ3v) is 7.11. The molecule has 2 atom stereocenters. The monoisotopic (exact) mass is 549 g/mol. The van der Waals surface area contributed by atoms with E-state index in [0.717, 1.165) is 11.8 Å². The van der Waals surface area contributed by atoms with E-state index in [-0.39, 0.29) is 47.1 Å². The Hall–Kier alpha value is -2.32. The number of nitrogens with zero attached hydrogens (tertiary/aromatic N) is 2. The van der Waals surface area contributed by atoms with Gasteiger partial charge in [-0.1, -0.05) is 77.1 Å². The SMILES string of the molecule is CC(C)C.CCOC(=O)/C(C)=C/[C@H](C(C)C)N(C)C(=O)CNC(=O)C1N(C)CSC1(C)C.c1ccccc1. The maximum absolute atomic E-state index is 12.7. The van der Waals surface area contributed by atoms with Crippen molar-refractivity contribution in [1.82, 2.24) is 15.1 Å². The number of thioether (sulfide) groups is 1. The number of esters is 1. The number of amides is 2. The second-order valence-corrected chi connectivity index (χ2v) is 12.5. The van der Waals surface area contributed by atoms with E-state index in [4.69, 9.17) is 4.74 Å². The van der Waals surface area contributed by atoms with E-state index in [9.17, 15) is 14.4 Å². The molecule has 0 aromatic heterocycles. The van der Waals surface area contributed by atoms with Crippen LogP contribution in [0.25, 0.3) is 0 Å². The quantitative estimate of drug-likeness (QED) is 0.354. The molecule has 1 fully saturated rings. The van der Waals surface area contributed by atoms with E-state index >= 15 is 0 Å². The van der Waals surface area contributed by atoms with Gasteiger partial charge >= 0.3 is 5.97 Å². The number of carbonyl (C=O) groups is 3. The number of benzene rings is 1. The Morgan fingerprint density at radius 3 is 1.92 bits per heavy atom. The average molecular weight is 550 g/mol. The Balaban J connectivity index is 0.00000114. The van der Waals surface area contributed by atoms with Crippen LogP contribution in [0.3, 0.4) is 0 Å². The summed E-state index contributed by atoms with van der Waals surface area (Å²) in [4.78, 5) is 40.8. The van der Waals surface area contributed by atoms with Crippen LogP contribution in [0.2, 0.25) is 0 Å². The molecule has 216 valence electrons. The molecule has 0 aliphatic carbocycles. The van der Waals surface area contributed by atoms with E-state index in [1.165, 1.54) is 0 Å². The third-order valence-electron chi connectivity index (χ3n) is 5.61. The predicted octanol–water partition coefficient (Wildman–Crippen LogP) is 5.23. The van der Waals surface area contributed by atoms with Gasteiger partial charge in [-0.2, -0.15) is 0 Å². The second kappa shape index (κ2) is 18.1. The minimum absolute atomic E-state index is 0.0735. The first kappa shape index (κ1) is 35.7. The second-order valence-electron chi connectivity index (χ2n) is 11.0. The molecule has 2 amide bonds. The van der Waals surface area contributed by atoms with Crippen molar-refractivity contribution in [3.8, 4) is 0 Å². The molecule has 7 nitrogen and oxygen atoms in total. The van der Waals surface area contributed by atoms with Crippen LogP contribution in [-0.4, -0.2) is 77.5 Å². The maximum atomic E-state index is 12.7. The number of nitrogens with one attached hydrogen (secondary N) is 1. The van der Waals surface area contributed by atoms with Crippen molar-refractivity contribution >= 4 is 29.5 Å². The van der Waals surface area contributed by atoms with Crippen LogP contribution < -0.4 is 5.32 Å². The summed E-state index contributed by atoms with van der Waals surface area (Å²) in [5, 5.41) is 2.78. The Morgan fingerprint density at radius 2 is 1.55 bits per heavy atom. The zero-order valence-electron chi connectivity index (χ0n) is 25.4. The lowest BCUT2D eigenvalue weighted by Gasteiger charge is -2.31. The number of rotatable bonds is 8. The van der Waals surface area contributed by atoms with Gasteiger partial charge in [-0.05, 0) is 46.6 Å². The zero-order valence-corrected chi connectivity index (χ0v) is 26.2. The summed E-state index contributed by atoms with van der Waals surface area (Å²) in [5.74, 6) is 0.994. The molecule has 1 heterocycles. The standard InChI is InChI=1S/C20H35N3O4S.C6H6.C4H10/c1-9-27-19(26)14(4)10-15(13(2)3)23(8)16(24)11-21-18(25)17-20(5,6)28-12-22(17)7;1-2-4-6-5-3-1;1-4(2)3/h10,13,15,17H,9,11-12H2,1-8H3,(H,21,25);1-6H;4H,1-3H3/b14-10+;;/t15-,17?;;/m1../s1.